The van der Waals surface area contributed by atoms with E-state index in [-0.39, 0.29) is 5.78 Å². The first-order valence-corrected chi connectivity index (χ1v) is 15.4. The van der Waals surface area contributed by atoms with E-state index in [0.29, 0.717) is 39.2 Å². The molecule has 2 aliphatic rings. The fourth-order valence-corrected chi connectivity index (χ4v) is 7.32. The number of benzene rings is 3. The molecule has 2 N–H and O–H groups in total. The number of carbonyl (C=O) groups excluding carboxylic acids is 1. The normalized spacial score (nSPS) is 17.4. The van der Waals surface area contributed by atoms with Crippen molar-refractivity contribution in [3.05, 3.63) is 113 Å². The van der Waals surface area contributed by atoms with Gasteiger partial charge in [0.2, 0.25) is 0 Å². The monoisotopic (exact) mass is 685 g/mol. The second kappa shape index (κ2) is 11.6. The molecule has 1 heterocycles. The van der Waals surface area contributed by atoms with Crippen molar-refractivity contribution in [3.8, 4) is 6.07 Å². The fourth-order valence-electron chi connectivity index (χ4n) is 5.41. The van der Waals surface area contributed by atoms with Crippen molar-refractivity contribution in [2.45, 2.75) is 49.7 Å². The number of hydrogen-bond acceptors (Lipinski definition) is 5. The molecule has 0 fully saturated rings. The summed E-state index contributed by atoms with van der Waals surface area (Å²) in [5.41, 5.74) is 13.8. The molecule has 3 aromatic carbocycles. The number of nitrogens with zero attached hydrogens (tertiary/aromatic N) is 2. The Morgan fingerprint density at radius 2 is 1.82 bits per heavy atom. The predicted molar refractivity (Wildman–Crippen MR) is 169 cm³/mol. The van der Waals surface area contributed by atoms with Crippen LogP contribution in [0.4, 0.5) is 5.69 Å². The van der Waals surface area contributed by atoms with E-state index < -0.39 is 5.92 Å². The van der Waals surface area contributed by atoms with Gasteiger partial charge in [-0.1, -0.05) is 35.3 Å². The van der Waals surface area contributed by atoms with Crippen LogP contribution in [0, 0.1) is 28.7 Å². The van der Waals surface area contributed by atoms with Crippen LogP contribution in [-0.2, 0) is 10.5 Å². The largest absolute Gasteiger partial charge is 0.384 e. The maximum atomic E-state index is 13.6. The molecule has 3 aromatic rings. The highest BCUT2D eigenvalue weighted by molar-refractivity contribution is 14.1. The third kappa shape index (κ3) is 5.47. The summed E-state index contributed by atoms with van der Waals surface area (Å²) < 4.78 is 1.10. The average molecular weight is 686 g/mol. The van der Waals surface area contributed by atoms with Crippen LogP contribution in [0.2, 0.25) is 10.0 Å². The van der Waals surface area contributed by atoms with E-state index in [1.165, 1.54) is 0 Å². The van der Waals surface area contributed by atoms with Crippen molar-refractivity contribution in [1.82, 2.24) is 0 Å². The van der Waals surface area contributed by atoms with Crippen LogP contribution < -0.4 is 10.6 Å². The van der Waals surface area contributed by atoms with Gasteiger partial charge < -0.3 is 5.73 Å². The summed E-state index contributed by atoms with van der Waals surface area (Å²) in [4.78, 5) is 16.4. The summed E-state index contributed by atoms with van der Waals surface area (Å²) in [5.74, 6) is 0.635. The predicted octanol–water partition coefficient (Wildman–Crippen LogP) is 8.81. The molecular weight excluding hydrogens is 660 g/mol. The zero-order chi connectivity index (χ0) is 27.8. The van der Waals surface area contributed by atoms with Gasteiger partial charge in [-0.2, -0.15) is 5.26 Å². The number of ketones is 1. The van der Waals surface area contributed by atoms with Crippen LogP contribution in [-0.4, -0.2) is 5.78 Å². The molecule has 0 amide bonds. The van der Waals surface area contributed by atoms with Gasteiger partial charge in [0.25, 0.3) is 0 Å². The van der Waals surface area contributed by atoms with Gasteiger partial charge in [0.05, 0.1) is 22.6 Å². The third-order valence-electron chi connectivity index (χ3n) is 7.31. The van der Waals surface area contributed by atoms with Crippen molar-refractivity contribution in [2.75, 3.05) is 4.90 Å². The van der Waals surface area contributed by atoms with E-state index in [9.17, 15) is 10.1 Å². The highest BCUT2D eigenvalue weighted by Gasteiger charge is 2.41. The van der Waals surface area contributed by atoms with Crippen molar-refractivity contribution in [1.29, 1.82) is 5.26 Å². The summed E-state index contributed by atoms with van der Waals surface area (Å²) in [7, 11) is 0. The number of nitriles is 1. The molecule has 5 rings (SSSR count). The molecule has 0 radical (unpaired) electrons. The minimum Gasteiger partial charge on any atom is -0.384 e. The van der Waals surface area contributed by atoms with E-state index in [1.54, 1.807) is 23.9 Å². The number of anilines is 1. The first-order chi connectivity index (χ1) is 18.7. The molecule has 0 saturated heterocycles. The van der Waals surface area contributed by atoms with Gasteiger partial charge in [-0.15, -0.1) is 11.8 Å². The number of carbonyl (C=O) groups is 1. The van der Waals surface area contributed by atoms with Gasteiger partial charge in [0.1, 0.15) is 5.82 Å². The number of thioether (sulfide) groups is 1. The second-order valence-electron chi connectivity index (χ2n) is 9.79. The Morgan fingerprint density at radius 3 is 2.54 bits per heavy atom. The summed E-state index contributed by atoms with van der Waals surface area (Å²) in [6.07, 6.45) is 1.95. The van der Waals surface area contributed by atoms with Crippen LogP contribution in [0.5, 0.6) is 0 Å². The highest BCUT2D eigenvalue weighted by atomic mass is 127. The number of allylic oxidation sites excluding steroid dienone is 3. The molecule has 0 aromatic heterocycles. The maximum Gasteiger partial charge on any atom is 0.161 e. The number of hydrogen-bond donors (Lipinski definition) is 1. The van der Waals surface area contributed by atoms with Gasteiger partial charge >= 0.3 is 0 Å². The van der Waals surface area contributed by atoms with Gasteiger partial charge in [-0.25, -0.2) is 0 Å². The summed E-state index contributed by atoms with van der Waals surface area (Å²) >= 11 is 16.5. The summed E-state index contributed by atoms with van der Waals surface area (Å²) in [6.45, 7) is 4.12. The Morgan fingerprint density at radius 1 is 1.08 bits per heavy atom. The van der Waals surface area contributed by atoms with E-state index in [2.05, 4.69) is 47.7 Å². The van der Waals surface area contributed by atoms with Gasteiger partial charge in [-0.3, -0.25) is 9.69 Å². The van der Waals surface area contributed by atoms with Crippen LogP contribution in [0.15, 0.2) is 82.2 Å². The molecule has 39 heavy (non-hydrogen) atoms. The Balaban J connectivity index is 1.62. The van der Waals surface area contributed by atoms with Gasteiger partial charge in [0.15, 0.2) is 5.78 Å². The lowest BCUT2D eigenvalue weighted by Gasteiger charge is -2.40. The highest BCUT2D eigenvalue weighted by Crippen LogP contribution is 2.47. The molecule has 1 aliphatic carbocycles. The molecule has 0 saturated carbocycles. The number of nitrogens with two attached hydrogens (primary N) is 1. The Hall–Kier alpha value is -2.44. The zero-order valence-electron chi connectivity index (χ0n) is 21.5. The molecule has 1 aliphatic heterocycles. The maximum absolute atomic E-state index is 13.6. The van der Waals surface area contributed by atoms with Crippen LogP contribution >= 0.6 is 57.6 Å². The molecule has 0 bridgehead atoms. The SMILES string of the molecule is Cc1cc(C)c(C2C(C#N)=C(N)N(c3ccc(I)cc3)C3=C2C(=O)CCC3)cc1CSc1cc(Cl)ccc1Cl. The van der Waals surface area contributed by atoms with Crippen LogP contribution in [0.1, 0.15) is 47.4 Å². The lowest BCUT2D eigenvalue weighted by atomic mass is 9.74. The summed E-state index contributed by atoms with van der Waals surface area (Å²) in [6, 6.07) is 20.1. The zero-order valence-corrected chi connectivity index (χ0v) is 26.0. The van der Waals surface area contributed by atoms with Gasteiger partial charge in [0, 0.05) is 42.6 Å². The van der Waals surface area contributed by atoms with E-state index in [1.807, 2.05) is 42.2 Å². The van der Waals surface area contributed by atoms with Crippen molar-refractivity contribution in [2.24, 2.45) is 5.73 Å². The van der Waals surface area contributed by atoms with E-state index in [0.717, 1.165) is 54.9 Å². The average Bonchev–Trinajstić information content (AvgIpc) is 2.90. The molecule has 8 heteroatoms. The standard InChI is InChI=1S/C31H26Cl2IN3OS/c1-17-12-18(2)23(13-19(17)16-39-28-14-20(32)6-11-25(28)33)29-24(15-35)31(36)37(22-9-7-21(34)8-10-22)26-4-3-5-27(38)30(26)29/h6-14,29H,3-5,16,36H2,1-2H3. The molecule has 1 atom stereocenters. The van der Waals surface area contributed by atoms with Crippen molar-refractivity contribution >= 4 is 69.0 Å². The topological polar surface area (TPSA) is 70.1 Å². The Kier molecular flexibility index (Phi) is 8.34. The molecule has 1 unspecified atom stereocenters. The van der Waals surface area contributed by atoms with Crippen LogP contribution in [0.25, 0.3) is 0 Å². The van der Waals surface area contributed by atoms with E-state index in [4.69, 9.17) is 28.9 Å². The minimum absolute atomic E-state index is 0.0821. The quantitative estimate of drug-likeness (QED) is 0.215. The number of aryl methyl sites for hydroxylation is 2. The first-order valence-electron chi connectivity index (χ1n) is 12.6. The number of halogens is 3. The summed E-state index contributed by atoms with van der Waals surface area (Å²) in [5, 5.41) is 11.7. The van der Waals surface area contributed by atoms with Crippen molar-refractivity contribution in [3.63, 3.8) is 0 Å². The number of Topliss-reactive ketones (excluding diaryl/α,β-unsaturated/α-hetero) is 1. The molecule has 4 nitrogen and oxygen atoms in total. The number of rotatable bonds is 5. The lowest BCUT2D eigenvalue weighted by Crippen LogP contribution is -2.38. The van der Waals surface area contributed by atoms with Gasteiger partial charge in [-0.05, 0) is 114 Å². The first kappa shape index (κ1) is 28.1. The molecule has 198 valence electrons. The Bertz CT molecular complexity index is 1590. The smallest absolute Gasteiger partial charge is 0.161 e. The van der Waals surface area contributed by atoms with E-state index >= 15 is 0 Å². The molecule has 0 spiro atoms. The second-order valence-corrected chi connectivity index (χ2v) is 12.9. The fraction of sp³-hybridized carbons (Fsp3) is 0.226. The lowest BCUT2D eigenvalue weighted by molar-refractivity contribution is -0.116. The third-order valence-corrected chi connectivity index (χ3v) is 9.81. The van der Waals surface area contributed by atoms with Crippen molar-refractivity contribution < 1.29 is 4.79 Å². The molecular formula is C31H26Cl2IN3OS. The van der Waals surface area contributed by atoms with Crippen LogP contribution in [0.3, 0.4) is 0 Å². The Labute approximate surface area is 257 Å². The minimum atomic E-state index is -0.503.